The van der Waals surface area contributed by atoms with Crippen LogP contribution in [0.2, 0.25) is 0 Å². The van der Waals surface area contributed by atoms with Crippen LogP contribution in [0.1, 0.15) is 97.6 Å². The van der Waals surface area contributed by atoms with Crippen LogP contribution in [-0.2, 0) is 89.9 Å². The summed E-state index contributed by atoms with van der Waals surface area (Å²) in [5.41, 5.74) is 4.93. The lowest BCUT2D eigenvalue weighted by Gasteiger charge is -2.32. The fourth-order valence-electron chi connectivity index (χ4n) is 12.1. The molecule has 29 heteroatoms. The number of anilines is 2. The van der Waals surface area contributed by atoms with Gasteiger partial charge in [0, 0.05) is 113 Å². The van der Waals surface area contributed by atoms with E-state index >= 15 is 8.78 Å². The predicted molar refractivity (Wildman–Crippen MR) is 372 cm³/mol. The lowest BCUT2D eigenvalue weighted by atomic mass is 9.77. The quantitative estimate of drug-likeness (QED) is 0.0450. The molecule has 506 valence electrons. The average molecular weight is 1450 g/mol. The summed E-state index contributed by atoms with van der Waals surface area (Å²) in [6.45, 7) is 10.2. The van der Waals surface area contributed by atoms with Crippen LogP contribution in [-0.4, -0.2) is 132 Å². The first-order valence-electron chi connectivity index (χ1n) is 30.7. The van der Waals surface area contributed by atoms with Crippen LogP contribution in [0.3, 0.4) is 0 Å². The van der Waals surface area contributed by atoms with Crippen molar-refractivity contribution < 1.29 is 65.2 Å². The maximum Gasteiger partial charge on any atom is 0.497 e. The first kappa shape index (κ1) is 72.7. The lowest BCUT2D eigenvalue weighted by molar-refractivity contribution is -0.138. The third kappa shape index (κ3) is 15.9. The minimum absolute atomic E-state index is 0. The van der Waals surface area contributed by atoms with E-state index in [0.717, 1.165) is 21.3 Å². The molecule has 4 N–H and O–H groups in total. The van der Waals surface area contributed by atoms with Gasteiger partial charge in [-0.1, -0.05) is 107 Å². The molecule has 13 rings (SSSR count). The number of likely N-dealkylation sites (tertiary alicyclic amines) is 2. The number of nitrogens with one attached hydrogen (secondary N) is 4. The number of nitrogens with zero attached hydrogens (tertiary/aromatic N) is 6. The van der Waals surface area contributed by atoms with Gasteiger partial charge in [0.15, 0.2) is 23.1 Å². The summed E-state index contributed by atoms with van der Waals surface area (Å²) in [6, 6.07) is 31.8. The number of para-hydroxylation sites is 2. The van der Waals surface area contributed by atoms with Gasteiger partial charge in [-0.3, -0.25) is 38.1 Å². The lowest BCUT2D eigenvalue weighted by Crippen LogP contribution is -2.43. The van der Waals surface area contributed by atoms with E-state index < -0.39 is 77.8 Å². The summed E-state index contributed by atoms with van der Waals surface area (Å²) in [5, 5.41) is 20.6. The van der Waals surface area contributed by atoms with Crippen LogP contribution in [0.15, 0.2) is 126 Å². The van der Waals surface area contributed by atoms with Crippen molar-refractivity contribution in [3.63, 3.8) is 0 Å². The summed E-state index contributed by atoms with van der Waals surface area (Å²) >= 11 is 10.7. The van der Waals surface area contributed by atoms with Gasteiger partial charge >= 0.3 is 19.2 Å². The number of aromatic nitrogens is 4. The fraction of sp³-hybridized carbons (Fsp3) is 0.324. The van der Waals surface area contributed by atoms with E-state index in [1.807, 2.05) is 45.9 Å². The summed E-state index contributed by atoms with van der Waals surface area (Å²) in [4.78, 5) is 103. The van der Waals surface area contributed by atoms with Crippen molar-refractivity contribution in [3.05, 3.63) is 171 Å². The highest BCUT2D eigenvalue weighted by molar-refractivity contribution is 9.10. The Hall–Kier alpha value is -8.61. The zero-order valence-electron chi connectivity index (χ0n) is 53.5. The molecule has 0 aliphatic carbocycles. The molecule has 6 aromatic carbocycles. The Morgan fingerprint density at radius 1 is 0.608 bits per heavy atom. The van der Waals surface area contributed by atoms with E-state index in [1.165, 1.54) is 45.1 Å². The van der Waals surface area contributed by atoms with Crippen LogP contribution < -0.4 is 26.7 Å². The Kier molecular flexibility index (Phi) is 22.8. The van der Waals surface area contributed by atoms with Gasteiger partial charge in [-0.15, -0.1) is 0 Å². The van der Waals surface area contributed by atoms with Crippen molar-refractivity contribution in [1.29, 1.82) is 0 Å². The Morgan fingerprint density at radius 2 is 1.05 bits per heavy atom. The zero-order valence-corrected chi connectivity index (χ0v) is 57.7. The van der Waals surface area contributed by atoms with Gasteiger partial charge in [-0.05, 0) is 85.8 Å². The molecule has 5 aliphatic rings. The highest BCUT2D eigenvalue weighted by Gasteiger charge is 2.53. The van der Waals surface area contributed by atoms with Gasteiger partial charge in [-0.25, -0.2) is 27.2 Å². The number of alkyl halides is 2. The fourth-order valence-corrected chi connectivity index (χ4v) is 12.5. The van der Waals surface area contributed by atoms with Crippen LogP contribution in [0.4, 0.5) is 38.5 Å². The van der Waals surface area contributed by atoms with E-state index in [9.17, 15) is 47.1 Å². The summed E-state index contributed by atoms with van der Waals surface area (Å²) < 4.78 is 76.2. The number of rotatable bonds is 14. The molecule has 0 bridgehead atoms. The molecule has 20 nitrogen and oxygen atoms in total. The van der Waals surface area contributed by atoms with Crippen LogP contribution >= 0.6 is 29.4 Å². The molecular weight excluding hydrogens is 1380 g/mol. The molecule has 0 unspecified atom stereocenters. The number of fused-ring (bicyclic) bond motifs is 4. The van der Waals surface area contributed by atoms with E-state index in [0.29, 0.717) is 46.1 Å². The molecule has 3 saturated heterocycles. The number of amides is 6. The second kappa shape index (κ2) is 30.4. The molecule has 8 aromatic rings. The van der Waals surface area contributed by atoms with Crippen LogP contribution in [0.25, 0.3) is 32.9 Å². The number of halogens is 5. The first-order valence-corrected chi connectivity index (χ1v) is 32.8. The van der Waals surface area contributed by atoms with E-state index in [2.05, 4.69) is 69.8 Å². The van der Waals surface area contributed by atoms with Crippen LogP contribution in [0, 0.1) is 11.6 Å². The van der Waals surface area contributed by atoms with Gasteiger partial charge in [0.05, 0.1) is 47.4 Å². The Bertz CT molecular complexity index is 4410. The molecule has 6 amide bonds. The number of urea groups is 2. The van der Waals surface area contributed by atoms with Gasteiger partial charge in [-0.2, -0.15) is 23.7 Å². The number of benzene rings is 6. The maximum absolute atomic E-state index is 15.7. The standard InChI is InChI=1S/C31H27F2N5O4.C29H32BF2N3O5.C8H7BrN2O.S2.H2S/c1-17(39)30-23-6-2-3-8-25(23)38(36-30)16-28(41)37-15-21(32)13-26(37)27(40)12-19-5-4-7-22(29(19)33)18-9-10-20-14-34-31(42)35-24(20)11-18;1-17(36)27-20-10-6-7-12-22(20)35(33-27)16-25(38)34-15-19(31)14-23(34)24(37)13-18-9-8-11-21(26(18)32)30-39-28(2,3)29(4,5)40-30;9-6-2-1-5-4-10-8(12)11-7(5)3-6;1-2;/h2-11,21,26H,12-16H2,1H3,(H2,34,35,42);6-12,19,23H,13-16H2,1-5H3;1-3H,4H2,(H2,10,11,12);;1H2/t21-,26+;19-,23+;;;/m11.../s1. The van der Waals surface area contributed by atoms with E-state index in [-0.39, 0.29) is 123 Å². The highest BCUT2D eigenvalue weighted by atomic mass is 79.9. The molecule has 0 saturated carbocycles. The van der Waals surface area contributed by atoms with Crippen molar-refractivity contribution >= 4 is 145 Å². The first-order chi connectivity index (χ1) is 45.7. The summed E-state index contributed by atoms with van der Waals surface area (Å²) in [5.74, 6) is -3.68. The molecule has 0 spiro atoms. The van der Waals surface area contributed by atoms with E-state index in [4.69, 9.17) is 9.31 Å². The van der Waals surface area contributed by atoms with Gasteiger partial charge < -0.3 is 40.4 Å². The van der Waals surface area contributed by atoms with Crippen molar-refractivity contribution in [1.82, 2.24) is 40.0 Å². The molecule has 7 heterocycles. The van der Waals surface area contributed by atoms with Crippen molar-refractivity contribution in [3.8, 4) is 11.1 Å². The SMILES string of the molecule is CC(=O)c1nn(CC(=O)N2C[C@H](F)C[C@H]2C(=O)Cc2cccc(-c3ccc4c(c3)NC(=O)NC4)c2F)c2ccccc12.CC(=O)c1nn(CC(=O)N2C[C@H](F)C[C@H]2C(=O)Cc2cccc(B3OC(C)(C)C(C)(C)O3)c2F)c2ccccc12.O=C1NCc2ccc(Br)cc2N1.S.S=S. The number of Topliss-reactive ketones (excluding diaryl/α,β-unsaturated/α-hetero) is 4. The second-order valence-electron chi connectivity index (χ2n) is 24.7. The molecule has 5 aliphatic heterocycles. The largest absolute Gasteiger partial charge is 0.497 e. The summed E-state index contributed by atoms with van der Waals surface area (Å²) in [7, 11) is -0.941. The number of ketones is 4. The van der Waals surface area contributed by atoms with Gasteiger partial charge in [0.2, 0.25) is 11.8 Å². The van der Waals surface area contributed by atoms with Crippen LogP contribution in [0.5, 0.6) is 0 Å². The third-order valence-corrected chi connectivity index (χ3v) is 18.2. The minimum atomic E-state index is -1.40. The molecule has 0 radical (unpaired) electrons. The topological polar surface area (TPSA) is 245 Å². The van der Waals surface area contributed by atoms with E-state index in [1.54, 1.807) is 91.0 Å². The number of hydrogen-bond acceptors (Lipinski definition) is 14. The van der Waals surface area contributed by atoms with Crippen molar-refractivity contribution in [2.24, 2.45) is 0 Å². The monoisotopic (exact) mass is 1450 g/mol. The van der Waals surface area contributed by atoms with Crippen molar-refractivity contribution in [2.45, 2.75) is 129 Å². The smallest absolute Gasteiger partial charge is 0.399 e. The van der Waals surface area contributed by atoms with Crippen molar-refractivity contribution in [2.75, 3.05) is 23.7 Å². The molecular formula is C68H68BBrF4N10O10S3. The number of hydrogen-bond donors (Lipinski definition) is 4. The summed E-state index contributed by atoms with van der Waals surface area (Å²) in [6.07, 6.45) is -3.78. The predicted octanol–water partition coefficient (Wildman–Crippen LogP) is 10.1. The molecule has 97 heavy (non-hydrogen) atoms. The second-order valence-corrected chi connectivity index (χ2v) is 25.6. The average Bonchev–Trinajstić information content (AvgIpc) is 1.63. The Morgan fingerprint density at radius 3 is 1.54 bits per heavy atom. The number of carbonyl (C=O) groups excluding carboxylic acids is 8. The highest BCUT2D eigenvalue weighted by Crippen LogP contribution is 2.38. The van der Waals surface area contributed by atoms with Gasteiger partial charge in [0.25, 0.3) is 0 Å². The molecule has 3 fully saturated rings. The maximum atomic E-state index is 15.7. The number of carbonyl (C=O) groups is 8. The minimum Gasteiger partial charge on any atom is -0.399 e. The Balaban J connectivity index is 0.000000188. The van der Waals surface area contributed by atoms with Gasteiger partial charge in [0.1, 0.15) is 48.5 Å². The Labute approximate surface area is 581 Å². The molecule has 4 atom stereocenters. The normalized spacial score (nSPS) is 18.6. The third-order valence-electron chi connectivity index (χ3n) is 17.7. The molecule has 2 aromatic heterocycles. The zero-order chi connectivity index (χ0) is 69.1.